The zero-order valence-corrected chi connectivity index (χ0v) is 22.4. The minimum atomic E-state index is -0.519. The highest BCUT2D eigenvalue weighted by Crippen LogP contribution is 2.34. The molecule has 0 radical (unpaired) electrons. The van der Waals surface area contributed by atoms with Gasteiger partial charge in [-0.2, -0.15) is 0 Å². The number of fused-ring (bicyclic) bond motifs is 1. The van der Waals surface area contributed by atoms with Gasteiger partial charge >= 0.3 is 0 Å². The molecule has 0 aromatic carbocycles. The molecule has 1 saturated carbocycles. The van der Waals surface area contributed by atoms with Crippen molar-refractivity contribution in [1.82, 2.24) is 15.6 Å². The van der Waals surface area contributed by atoms with Crippen molar-refractivity contribution < 1.29 is 14.3 Å². The number of nitrogens with zero attached hydrogens (tertiary/aromatic N) is 2. The molecule has 2 aromatic heterocycles. The van der Waals surface area contributed by atoms with Crippen LogP contribution in [0.2, 0.25) is 0 Å². The molecule has 2 amide bonds. The van der Waals surface area contributed by atoms with Crippen LogP contribution in [0.15, 0.2) is 28.9 Å². The number of anilines is 1. The van der Waals surface area contributed by atoms with Gasteiger partial charge in [0.1, 0.15) is 18.3 Å². The summed E-state index contributed by atoms with van der Waals surface area (Å²) in [7, 11) is 0. The minimum absolute atomic E-state index is 0.104. The number of pyridine rings is 1. The maximum atomic E-state index is 13.1. The number of carbonyl (C=O) groups excluding carboxylic acids is 2. The molecule has 1 fully saturated rings. The van der Waals surface area contributed by atoms with Crippen molar-refractivity contribution in [2.45, 2.75) is 71.0 Å². The Morgan fingerprint density at radius 2 is 2.06 bits per heavy atom. The molecule has 1 aliphatic carbocycles. The Morgan fingerprint density at radius 1 is 1.29 bits per heavy atom. The molecule has 2 N–H and O–H groups in total. The van der Waals surface area contributed by atoms with Gasteiger partial charge in [-0.25, -0.2) is 4.98 Å². The molecule has 9 heteroatoms. The van der Waals surface area contributed by atoms with Crippen LogP contribution < -0.4 is 20.3 Å². The number of thiophene rings is 1. The Labute approximate surface area is 213 Å². The van der Waals surface area contributed by atoms with Gasteiger partial charge in [-0.15, -0.1) is 11.3 Å². The molecule has 1 atom stereocenters. The van der Waals surface area contributed by atoms with E-state index in [0.717, 1.165) is 34.4 Å². The average Bonchev–Trinajstić information content (AvgIpc) is 3.45. The van der Waals surface area contributed by atoms with Crippen LogP contribution in [0.3, 0.4) is 0 Å². The van der Waals surface area contributed by atoms with Crippen molar-refractivity contribution in [3.05, 3.63) is 38.6 Å². The summed E-state index contributed by atoms with van der Waals surface area (Å²) in [5, 5.41) is 6.08. The third-order valence-corrected chi connectivity index (χ3v) is 7.64. The SMILES string of the molecule is CC(C)(C)NC(=O)[C@H](CC1CCCC1)NC(=O)c1ccc(CN2CCOc3ncc(Br)cc32)s1. The number of ether oxygens (including phenoxy) is 1. The van der Waals surface area contributed by atoms with Crippen molar-refractivity contribution in [3.63, 3.8) is 0 Å². The van der Waals surface area contributed by atoms with Gasteiger partial charge in [0.2, 0.25) is 11.8 Å². The van der Waals surface area contributed by atoms with Gasteiger partial charge in [0.25, 0.3) is 5.91 Å². The molecule has 2 aromatic rings. The summed E-state index contributed by atoms with van der Waals surface area (Å²) in [5.41, 5.74) is 0.597. The van der Waals surface area contributed by atoms with Crippen molar-refractivity contribution in [3.8, 4) is 5.88 Å². The molecule has 7 nitrogen and oxygen atoms in total. The normalized spacial score (nSPS) is 17.1. The Balaban J connectivity index is 1.43. The maximum Gasteiger partial charge on any atom is 0.262 e. The number of rotatable bonds is 7. The number of halogens is 1. The summed E-state index contributed by atoms with van der Waals surface area (Å²) in [6, 6.07) is 5.32. The van der Waals surface area contributed by atoms with E-state index < -0.39 is 6.04 Å². The fourth-order valence-corrected chi connectivity index (χ4v) is 5.81. The lowest BCUT2D eigenvalue weighted by Gasteiger charge is -2.30. The molecule has 2 aliphatic rings. The van der Waals surface area contributed by atoms with Crippen molar-refractivity contribution in [2.75, 3.05) is 18.1 Å². The lowest BCUT2D eigenvalue weighted by Crippen LogP contribution is -2.52. The van der Waals surface area contributed by atoms with E-state index in [1.54, 1.807) is 6.20 Å². The molecular formula is C25H33BrN4O3S. The molecule has 184 valence electrons. The van der Waals surface area contributed by atoms with E-state index in [1.807, 2.05) is 39.0 Å². The molecule has 0 bridgehead atoms. The Morgan fingerprint density at radius 3 is 2.79 bits per heavy atom. The first-order valence-electron chi connectivity index (χ1n) is 11.9. The summed E-state index contributed by atoms with van der Waals surface area (Å²) in [6.07, 6.45) is 7.09. The van der Waals surface area contributed by atoms with Crippen LogP contribution in [0.5, 0.6) is 5.88 Å². The zero-order chi connectivity index (χ0) is 24.3. The van der Waals surface area contributed by atoms with Crippen LogP contribution in [0, 0.1) is 5.92 Å². The zero-order valence-electron chi connectivity index (χ0n) is 20.0. The monoisotopic (exact) mass is 548 g/mol. The van der Waals surface area contributed by atoms with Crippen LogP contribution in [0.1, 0.15) is 67.4 Å². The van der Waals surface area contributed by atoms with Crippen molar-refractivity contribution in [2.24, 2.45) is 5.92 Å². The Hall–Kier alpha value is -2.13. The number of hydrogen-bond donors (Lipinski definition) is 2. The minimum Gasteiger partial charge on any atom is -0.474 e. The van der Waals surface area contributed by atoms with Crippen LogP contribution in [-0.2, 0) is 11.3 Å². The predicted molar refractivity (Wildman–Crippen MR) is 139 cm³/mol. The number of hydrogen-bond acceptors (Lipinski definition) is 6. The largest absolute Gasteiger partial charge is 0.474 e. The molecule has 1 aliphatic heterocycles. The highest BCUT2D eigenvalue weighted by Gasteiger charge is 2.29. The van der Waals surface area contributed by atoms with Gasteiger partial charge in [0, 0.05) is 21.1 Å². The van der Waals surface area contributed by atoms with Gasteiger partial charge in [-0.3, -0.25) is 9.59 Å². The van der Waals surface area contributed by atoms with Crippen LogP contribution in [0.25, 0.3) is 0 Å². The summed E-state index contributed by atoms with van der Waals surface area (Å²) in [4.78, 5) is 34.3. The summed E-state index contributed by atoms with van der Waals surface area (Å²) < 4.78 is 6.57. The van der Waals surface area contributed by atoms with E-state index in [9.17, 15) is 9.59 Å². The van der Waals surface area contributed by atoms with E-state index in [-0.39, 0.29) is 17.4 Å². The predicted octanol–water partition coefficient (Wildman–Crippen LogP) is 4.90. The smallest absolute Gasteiger partial charge is 0.262 e. The summed E-state index contributed by atoms with van der Waals surface area (Å²) in [6.45, 7) is 7.88. The second-order valence-corrected chi connectivity index (χ2v) is 12.2. The van der Waals surface area contributed by atoms with E-state index in [4.69, 9.17) is 4.74 Å². The van der Waals surface area contributed by atoms with Gasteiger partial charge in [0.05, 0.1) is 18.0 Å². The van der Waals surface area contributed by atoms with E-state index in [1.165, 1.54) is 24.2 Å². The van der Waals surface area contributed by atoms with Crippen molar-refractivity contribution in [1.29, 1.82) is 0 Å². The van der Waals surface area contributed by atoms with E-state index >= 15 is 0 Å². The van der Waals surface area contributed by atoms with Gasteiger partial charge in [-0.05, 0) is 67.2 Å². The molecule has 3 heterocycles. The third-order valence-electron chi connectivity index (χ3n) is 6.14. The lowest BCUT2D eigenvalue weighted by molar-refractivity contribution is -0.124. The Kier molecular flexibility index (Phi) is 7.82. The molecule has 4 rings (SSSR count). The molecule has 0 saturated heterocycles. The quantitative estimate of drug-likeness (QED) is 0.514. The first-order chi connectivity index (χ1) is 16.2. The van der Waals surface area contributed by atoms with Crippen molar-refractivity contribution >= 4 is 44.8 Å². The number of carbonyl (C=O) groups is 2. The van der Waals surface area contributed by atoms with E-state index in [2.05, 4.69) is 36.4 Å². The molecular weight excluding hydrogens is 516 g/mol. The lowest BCUT2D eigenvalue weighted by atomic mass is 9.96. The summed E-state index contributed by atoms with van der Waals surface area (Å²) in [5.74, 6) is 0.829. The number of amides is 2. The second-order valence-electron chi connectivity index (χ2n) is 10.2. The van der Waals surface area contributed by atoms with E-state index in [0.29, 0.717) is 36.2 Å². The van der Waals surface area contributed by atoms with Gasteiger partial charge in [-0.1, -0.05) is 25.7 Å². The molecule has 34 heavy (non-hydrogen) atoms. The highest BCUT2D eigenvalue weighted by molar-refractivity contribution is 9.10. The first-order valence-corrected chi connectivity index (χ1v) is 13.5. The van der Waals surface area contributed by atoms with Crippen LogP contribution in [-0.4, -0.2) is 41.5 Å². The van der Waals surface area contributed by atoms with Gasteiger partial charge in [0.15, 0.2) is 0 Å². The van der Waals surface area contributed by atoms with Gasteiger partial charge < -0.3 is 20.3 Å². The van der Waals surface area contributed by atoms with Crippen LogP contribution in [0.4, 0.5) is 5.69 Å². The fourth-order valence-electron chi connectivity index (χ4n) is 4.56. The first kappa shape index (κ1) is 25.0. The standard InChI is InChI=1S/C25H33BrN4O3S/c1-25(2,3)29-22(31)19(12-16-6-4-5-7-16)28-23(32)21-9-8-18(34-21)15-30-10-11-33-24-20(30)13-17(26)14-27-24/h8-9,13-14,16,19H,4-7,10-12,15H2,1-3H3,(H,28,32)(H,29,31)/t19-/m0/s1. The third kappa shape index (κ3) is 6.50. The topological polar surface area (TPSA) is 83.6 Å². The summed E-state index contributed by atoms with van der Waals surface area (Å²) >= 11 is 4.95. The molecule has 0 unspecified atom stereocenters. The number of nitrogens with one attached hydrogen (secondary N) is 2. The van der Waals surface area contributed by atoms with Crippen LogP contribution >= 0.6 is 27.3 Å². The fraction of sp³-hybridized carbons (Fsp3) is 0.560. The second kappa shape index (κ2) is 10.6. The molecule has 0 spiro atoms. The average molecular weight is 550 g/mol. The maximum absolute atomic E-state index is 13.1. The Bertz CT molecular complexity index is 1030. The highest BCUT2D eigenvalue weighted by atomic mass is 79.9. The number of aromatic nitrogens is 1.